The van der Waals surface area contributed by atoms with E-state index < -0.39 is 4.92 Å². The van der Waals surface area contributed by atoms with E-state index in [1.807, 2.05) is 0 Å². The van der Waals surface area contributed by atoms with E-state index in [1.165, 1.54) is 30.6 Å². The third-order valence-electron chi connectivity index (χ3n) is 1.96. The average molecular weight is 233 g/mol. The molecule has 0 amide bonds. The molecule has 0 saturated carbocycles. The van der Waals surface area contributed by atoms with Gasteiger partial charge in [0.1, 0.15) is 5.75 Å². The second-order valence-electron chi connectivity index (χ2n) is 3.09. The number of nitrogens with zero attached hydrogens (tertiary/aromatic N) is 4. The van der Waals surface area contributed by atoms with E-state index in [2.05, 4.69) is 20.4 Å². The molecular weight excluding hydrogens is 226 g/mol. The van der Waals surface area contributed by atoms with Crippen LogP contribution in [-0.2, 0) is 0 Å². The SMILES string of the molecule is O=[N+]([O-])c1ccc(O)c(C=Nc2cn[nH]n2)c1. The van der Waals surface area contributed by atoms with Crippen LogP contribution in [0.25, 0.3) is 0 Å². The summed E-state index contributed by atoms with van der Waals surface area (Å²) in [5.41, 5.74) is 0.117. The number of aromatic amines is 1. The lowest BCUT2D eigenvalue weighted by Gasteiger charge is -1.97. The zero-order chi connectivity index (χ0) is 12.3. The molecule has 1 aromatic carbocycles. The highest BCUT2D eigenvalue weighted by atomic mass is 16.6. The molecule has 8 nitrogen and oxygen atoms in total. The number of rotatable bonds is 3. The average Bonchev–Trinajstić information content (AvgIpc) is 2.80. The van der Waals surface area contributed by atoms with E-state index in [4.69, 9.17) is 0 Å². The lowest BCUT2D eigenvalue weighted by Crippen LogP contribution is -1.90. The van der Waals surface area contributed by atoms with Gasteiger partial charge in [-0.1, -0.05) is 0 Å². The maximum absolute atomic E-state index is 10.5. The molecule has 0 saturated heterocycles. The smallest absolute Gasteiger partial charge is 0.270 e. The fourth-order valence-electron chi connectivity index (χ4n) is 1.15. The van der Waals surface area contributed by atoms with Crippen molar-refractivity contribution in [1.82, 2.24) is 15.4 Å². The Morgan fingerprint density at radius 3 is 3.00 bits per heavy atom. The summed E-state index contributed by atoms with van der Waals surface area (Å²) in [4.78, 5) is 13.9. The first-order valence-corrected chi connectivity index (χ1v) is 4.54. The van der Waals surface area contributed by atoms with Crippen molar-refractivity contribution in [3.63, 3.8) is 0 Å². The minimum atomic E-state index is -0.549. The number of nitro groups is 1. The van der Waals surface area contributed by atoms with E-state index in [-0.39, 0.29) is 17.0 Å². The molecule has 2 rings (SSSR count). The van der Waals surface area contributed by atoms with Crippen molar-refractivity contribution in [1.29, 1.82) is 0 Å². The fourth-order valence-corrected chi connectivity index (χ4v) is 1.15. The highest BCUT2D eigenvalue weighted by Crippen LogP contribution is 2.21. The van der Waals surface area contributed by atoms with Crippen molar-refractivity contribution >= 4 is 17.7 Å². The number of nitro benzene ring substituents is 1. The Morgan fingerprint density at radius 2 is 2.35 bits per heavy atom. The zero-order valence-corrected chi connectivity index (χ0v) is 8.44. The first-order chi connectivity index (χ1) is 8.16. The van der Waals surface area contributed by atoms with Crippen molar-refractivity contribution in [2.75, 3.05) is 0 Å². The molecule has 0 fully saturated rings. The molecule has 2 N–H and O–H groups in total. The van der Waals surface area contributed by atoms with E-state index in [0.717, 1.165) is 0 Å². The van der Waals surface area contributed by atoms with Crippen LogP contribution >= 0.6 is 0 Å². The molecular formula is C9H7N5O3. The molecule has 17 heavy (non-hydrogen) atoms. The molecule has 0 aliphatic rings. The van der Waals surface area contributed by atoms with Crippen molar-refractivity contribution in [2.45, 2.75) is 0 Å². The molecule has 0 unspecified atom stereocenters. The number of aliphatic imine (C=N–C) groups is 1. The number of hydrogen-bond acceptors (Lipinski definition) is 6. The predicted molar refractivity (Wildman–Crippen MR) is 58.4 cm³/mol. The van der Waals surface area contributed by atoms with Gasteiger partial charge in [0.05, 0.1) is 11.1 Å². The summed E-state index contributed by atoms with van der Waals surface area (Å²) in [6.07, 6.45) is 2.66. The minimum Gasteiger partial charge on any atom is -0.507 e. The lowest BCUT2D eigenvalue weighted by atomic mass is 10.2. The minimum absolute atomic E-state index is 0.0946. The number of benzene rings is 1. The Balaban J connectivity index is 2.31. The van der Waals surface area contributed by atoms with Crippen LogP contribution in [-0.4, -0.2) is 31.7 Å². The van der Waals surface area contributed by atoms with Crippen LogP contribution in [0, 0.1) is 10.1 Å². The first kappa shape index (κ1) is 10.7. The summed E-state index contributed by atoms with van der Waals surface area (Å²) in [6.45, 7) is 0. The molecule has 8 heteroatoms. The summed E-state index contributed by atoms with van der Waals surface area (Å²) < 4.78 is 0. The van der Waals surface area contributed by atoms with Crippen LogP contribution in [0.2, 0.25) is 0 Å². The van der Waals surface area contributed by atoms with E-state index in [1.54, 1.807) is 0 Å². The molecule has 1 heterocycles. The molecule has 0 radical (unpaired) electrons. The Bertz CT molecular complexity index is 564. The number of nitrogens with one attached hydrogen (secondary N) is 1. The van der Waals surface area contributed by atoms with Gasteiger partial charge in [0.25, 0.3) is 5.69 Å². The van der Waals surface area contributed by atoms with Gasteiger partial charge in [-0.2, -0.15) is 10.3 Å². The van der Waals surface area contributed by atoms with Crippen molar-refractivity contribution in [3.8, 4) is 5.75 Å². The Hall–Kier alpha value is -2.77. The number of hydrogen-bond donors (Lipinski definition) is 2. The van der Waals surface area contributed by atoms with Gasteiger partial charge in [-0.3, -0.25) is 10.1 Å². The van der Waals surface area contributed by atoms with E-state index >= 15 is 0 Å². The number of phenolic OH excluding ortho intramolecular Hbond substituents is 1. The number of aromatic nitrogens is 3. The van der Waals surface area contributed by atoms with E-state index in [9.17, 15) is 15.2 Å². The van der Waals surface area contributed by atoms with Crippen LogP contribution < -0.4 is 0 Å². The van der Waals surface area contributed by atoms with Gasteiger partial charge in [0.15, 0.2) is 5.82 Å². The van der Waals surface area contributed by atoms with Crippen LogP contribution in [0.15, 0.2) is 29.4 Å². The number of non-ortho nitro benzene ring substituents is 1. The molecule has 1 aromatic heterocycles. The highest BCUT2D eigenvalue weighted by Gasteiger charge is 2.08. The van der Waals surface area contributed by atoms with E-state index in [0.29, 0.717) is 5.82 Å². The topological polar surface area (TPSA) is 117 Å². The third-order valence-corrected chi connectivity index (χ3v) is 1.96. The molecule has 0 aliphatic heterocycles. The summed E-state index contributed by atoms with van der Waals surface area (Å²) in [6, 6.07) is 3.67. The molecule has 0 atom stereocenters. The molecule has 0 spiro atoms. The second-order valence-corrected chi connectivity index (χ2v) is 3.09. The van der Waals surface area contributed by atoms with Crippen LogP contribution in [0.1, 0.15) is 5.56 Å². The monoisotopic (exact) mass is 233 g/mol. The fraction of sp³-hybridized carbons (Fsp3) is 0. The number of phenols is 1. The summed E-state index contributed by atoms with van der Waals surface area (Å²) >= 11 is 0. The van der Waals surface area contributed by atoms with Gasteiger partial charge in [0, 0.05) is 23.9 Å². The first-order valence-electron chi connectivity index (χ1n) is 4.54. The normalized spacial score (nSPS) is 10.8. The predicted octanol–water partition coefficient (Wildman–Crippen LogP) is 1.17. The van der Waals surface area contributed by atoms with Gasteiger partial charge in [-0.05, 0) is 6.07 Å². The standard InChI is InChI=1S/C9H7N5O3/c15-8-2-1-7(14(16)17)3-6(8)4-10-9-5-11-13-12-9/h1-5,15H,(H,11,12,13). The van der Waals surface area contributed by atoms with Crippen LogP contribution in [0.4, 0.5) is 11.5 Å². The van der Waals surface area contributed by atoms with Gasteiger partial charge in [-0.15, -0.1) is 5.10 Å². The van der Waals surface area contributed by atoms with Gasteiger partial charge in [0.2, 0.25) is 0 Å². The second kappa shape index (κ2) is 4.39. The molecule has 0 bridgehead atoms. The maximum Gasteiger partial charge on any atom is 0.270 e. The Labute approximate surface area is 94.8 Å². The number of aromatic hydroxyl groups is 1. The number of H-pyrrole nitrogens is 1. The quantitative estimate of drug-likeness (QED) is 0.468. The highest BCUT2D eigenvalue weighted by molar-refractivity contribution is 5.85. The maximum atomic E-state index is 10.5. The largest absolute Gasteiger partial charge is 0.507 e. The molecule has 2 aromatic rings. The Kier molecular flexibility index (Phi) is 2.77. The van der Waals surface area contributed by atoms with Gasteiger partial charge >= 0.3 is 0 Å². The van der Waals surface area contributed by atoms with Crippen molar-refractivity contribution in [3.05, 3.63) is 40.1 Å². The van der Waals surface area contributed by atoms with Crippen LogP contribution in [0.5, 0.6) is 5.75 Å². The van der Waals surface area contributed by atoms with Gasteiger partial charge < -0.3 is 5.11 Å². The molecule has 86 valence electrons. The lowest BCUT2D eigenvalue weighted by molar-refractivity contribution is -0.384. The summed E-state index contributed by atoms with van der Waals surface area (Å²) in [5.74, 6) is 0.221. The summed E-state index contributed by atoms with van der Waals surface area (Å²) in [5, 5.41) is 29.6. The van der Waals surface area contributed by atoms with Crippen molar-refractivity contribution in [2.24, 2.45) is 4.99 Å². The third kappa shape index (κ3) is 2.43. The van der Waals surface area contributed by atoms with Crippen LogP contribution in [0.3, 0.4) is 0 Å². The van der Waals surface area contributed by atoms with Gasteiger partial charge in [-0.25, -0.2) is 4.99 Å². The molecule has 0 aliphatic carbocycles. The zero-order valence-electron chi connectivity index (χ0n) is 8.44. The summed E-state index contributed by atoms with van der Waals surface area (Å²) in [7, 11) is 0. The Morgan fingerprint density at radius 1 is 1.53 bits per heavy atom. The van der Waals surface area contributed by atoms with Crippen molar-refractivity contribution < 1.29 is 10.0 Å².